The predicted octanol–water partition coefficient (Wildman–Crippen LogP) is 25.2. The molecular formula is C103H95BN3+. The number of benzene rings is 14. The maximum absolute atomic E-state index is 4.85. The minimum Gasteiger partial charge on any atom is -0.263 e. The molecule has 2 heterocycles. The molecule has 0 radical (unpaired) electrons. The van der Waals surface area contributed by atoms with Crippen molar-refractivity contribution in [1.29, 1.82) is 0 Å². The summed E-state index contributed by atoms with van der Waals surface area (Å²) < 4.78 is 4.23. The Morgan fingerprint density at radius 1 is 0.346 bits per heavy atom. The van der Waals surface area contributed by atoms with Gasteiger partial charge in [0.1, 0.15) is 12.4 Å². The van der Waals surface area contributed by atoms with Crippen LogP contribution in [0.2, 0.25) is 0 Å². The molecule has 0 aliphatic rings. The van der Waals surface area contributed by atoms with E-state index in [9.17, 15) is 0 Å². The molecule has 3 nitrogen and oxygen atoms in total. The van der Waals surface area contributed by atoms with Gasteiger partial charge in [-0.3, -0.25) is 4.48 Å². The Labute approximate surface area is 634 Å². The summed E-state index contributed by atoms with van der Waals surface area (Å²) in [6.07, 6.45) is 12.6. The number of nitrogens with zero attached hydrogens (tertiary/aromatic N) is 3. The van der Waals surface area contributed by atoms with Crippen LogP contribution in [0.4, 0.5) is 0 Å². The molecule has 16 aromatic rings. The number of rotatable bonds is 14. The lowest BCUT2D eigenvalue weighted by atomic mass is 9.67. The van der Waals surface area contributed by atoms with E-state index in [1.165, 1.54) is 143 Å². The minimum absolute atomic E-state index is 0.0212. The summed E-state index contributed by atoms with van der Waals surface area (Å²) in [5, 5.41) is 15.7. The zero-order chi connectivity index (χ0) is 74.1. The van der Waals surface area contributed by atoms with Crippen LogP contribution in [0.1, 0.15) is 140 Å². The van der Waals surface area contributed by atoms with Gasteiger partial charge in [0, 0.05) is 17.1 Å². The van der Waals surface area contributed by atoms with E-state index in [2.05, 4.69) is 438 Å². The summed E-state index contributed by atoms with van der Waals surface area (Å²) in [7, 11) is 0. The van der Waals surface area contributed by atoms with E-state index < -0.39 is 0 Å². The highest BCUT2D eigenvalue weighted by Gasteiger charge is 2.37. The van der Waals surface area contributed by atoms with Crippen molar-refractivity contribution in [3.8, 4) is 11.1 Å². The van der Waals surface area contributed by atoms with Gasteiger partial charge >= 0.3 is 6.98 Å². The molecule has 14 aromatic carbocycles. The van der Waals surface area contributed by atoms with Gasteiger partial charge in [-0.2, -0.15) is 5.10 Å². The van der Waals surface area contributed by atoms with Crippen molar-refractivity contribution in [3.05, 3.63) is 436 Å². The molecule has 0 saturated heterocycles. The first-order valence-electron chi connectivity index (χ1n) is 37.8. The van der Waals surface area contributed by atoms with Crippen molar-refractivity contribution in [3.63, 3.8) is 0 Å². The fraction of sp³-hybridized carbons (Fsp3) is 0.146. The molecule has 0 N–H and O–H groups in total. The average Bonchev–Trinajstić information content (AvgIpc) is 1.27. The summed E-state index contributed by atoms with van der Waals surface area (Å²) in [4.78, 5) is 0. The molecule has 0 saturated carbocycles. The zero-order valence-electron chi connectivity index (χ0n) is 63.6. The fourth-order valence-electron chi connectivity index (χ4n) is 14.7. The molecule has 0 aliphatic carbocycles. The Morgan fingerprint density at radius 3 is 1.10 bits per heavy atom. The molecule has 2 aromatic heterocycles. The third-order valence-electron chi connectivity index (χ3n) is 20.7. The van der Waals surface area contributed by atoms with Gasteiger partial charge in [-0.05, 0) is 193 Å². The molecule has 0 amide bonds. The first kappa shape index (κ1) is 72.0. The van der Waals surface area contributed by atoms with Gasteiger partial charge in [-0.15, -0.1) is 0 Å². The van der Waals surface area contributed by atoms with E-state index in [1.807, 2.05) is 10.7 Å². The van der Waals surface area contributed by atoms with Gasteiger partial charge < -0.3 is 0 Å². The largest absolute Gasteiger partial charge is 0.673 e. The van der Waals surface area contributed by atoms with E-state index in [-0.39, 0.29) is 23.2 Å². The van der Waals surface area contributed by atoms with E-state index in [0.29, 0.717) is 0 Å². The third kappa shape index (κ3) is 16.9. The maximum atomic E-state index is 4.85. The highest BCUT2D eigenvalue weighted by molar-refractivity contribution is 6.63. The van der Waals surface area contributed by atoms with Crippen LogP contribution >= 0.6 is 0 Å². The fourth-order valence-corrected chi connectivity index (χ4v) is 14.7. The van der Waals surface area contributed by atoms with Crippen LogP contribution in [-0.4, -0.2) is 16.7 Å². The Balaban J connectivity index is 0.000000141. The lowest BCUT2D eigenvalue weighted by molar-refractivity contribution is -0.538. The Bertz CT molecular complexity index is 5370. The van der Waals surface area contributed by atoms with Crippen molar-refractivity contribution in [1.82, 2.24) is 9.69 Å². The second kappa shape index (κ2) is 31.8. The van der Waals surface area contributed by atoms with Gasteiger partial charge in [0.2, 0.25) is 0 Å². The van der Waals surface area contributed by atoms with E-state index in [1.54, 1.807) is 0 Å². The van der Waals surface area contributed by atoms with E-state index in [0.717, 1.165) is 18.5 Å². The normalized spacial score (nSPS) is 11.5. The molecule has 0 unspecified atom stereocenters. The number of pyridine rings is 1. The number of fused-ring (bicyclic) bond motifs is 4. The van der Waals surface area contributed by atoms with Gasteiger partial charge in [0.15, 0.2) is 0 Å². The first-order valence-corrected chi connectivity index (χ1v) is 37.8. The maximum Gasteiger partial charge on any atom is 0.673 e. The van der Waals surface area contributed by atoms with Crippen LogP contribution in [0.15, 0.2) is 358 Å². The summed E-state index contributed by atoms with van der Waals surface area (Å²) in [5.74, 6) is 0. The number of hydrogen-bond donors (Lipinski definition) is 0. The van der Waals surface area contributed by atoms with Crippen molar-refractivity contribution in [2.75, 3.05) is 0 Å². The quantitative estimate of drug-likeness (QED) is 0.0604. The highest BCUT2D eigenvalue weighted by Crippen LogP contribution is 2.42. The Kier molecular flexibility index (Phi) is 21.4. The second-order valence-corrected chi connectivity index (χ2v) is 31.5. The van der Waals surface area contributed by atoms with E-state index in [4.69, 9.17) is 5.10 Å². The smallest absolute Gasteiger partial charge is 0.263 e. The summed E-state index contributed by atoms with van der Waals surface area (Å²) >= 11 is 0. The van der Waals surface area contributed by atoms with Crippen LogP contribution in [-0.2, 0) is 29.1 Å². The lowest BCUT2D eigenvalue weighted by Crippen LogP contribution is -2.63. The first-order chi connectivity index (χ1) is 51.9. The van der Waals surface area contributed by atoms with Crippen molar-refractivity contribution in [2.24, 2.45) is 0 Å². The van der Waals surface area contributed by atoms with Crippen LogP contribution in [0.3, 0.4) is 0 Å². The number of aryl methyl sites for hydroxylation is 1. The standard InChI is InChI=1S/C44H42.C40H30.C19H23BN3/c1-43(2,3)33-21-23-37-40(26-32-18-12-16-30-14-8-10-20-36(30)32)42-28-34(44(4,5)6)22-24-38(42)39(41(37)27-33)25-31-17-11-15-29-13-7-9-19-35(29)31;1-5-13-35(14-6-1)39(36-15-7-2-8-16-36)29-31-21-25-33(26-22-31)34-27-23-32(24-28-34)30-40(37-17-9-3-10-18-37)38-19-11-4-12-20-38;1-16-8-10-17(11-9-16)20(22-13-6-5-7-14-22)23-15-12-18(21-23)19(2,3)4/h7-24,27-28H,25-26H2,1-6H3;1-30H;5-15H,1-4H3/q;;+1. The van der Waals surface area contributed by atoms with Crippen LogP contribution < -0.4 is 9.94 Å². The number of hydrogen-bond acceptors (Lipinski definition) is 1. The molecule has 0 fully saturated rings. The molecule has 107 heavy (non-hydrogen) atoms. The lowest BCUT2D eigenvalue weighted by Gasteiger charge is -2.25. The summed E-state index contributed by atoms with van der Waals surface area (Å²) in [6, 6.07) is 123. The monoisotopic (exact) mass is 1380 g/mol. The Morgan fingerprint density at radius 2 is 0.720 bits per heavy atom. The molecule has 16 rings (SSSR count). The third-order valence-corrected chi connectivity index (χ3v) is 20.7. The average molecular weight is 1390 g/mol. The van der Waals surface area contributed by atoms with Crippen LogP contribution in [0, 0.1) is 6.92 Å². The van der Waals surface area contributed by atoms with Crippen molar-refractivity contribution < 1.29 is 4.48 Å². The molecule has 4 heteroatoms. The van der Waals surface area contributed by atoms with E-state index >= 15 is 0 Å². The van der Waals surface area contributed by atoms with Gasteiger partial charge in [-0.25, -0.2) is 4.59 Å². The molecule has 0 bridgehead atoms. The highest BCUT2D eigenvalue weighted by atomic mass is 15.3. The number of aromatic nitrogens is 3. The zero-order valence-corrected chi connectivity index (χ0v) is 63.6. The van der Waals surface area contributed by atoms with Crippen molar-refractivity contribution >= 4 is 78.8 Å². The van der Waals surface area contributed by atoms with Crippen molar-refractivity contribution in [2.45, 2.75) is 98.3 Å². The van der Waals surface area contributed by atoms with Crippen LogP contribution in [0.5, 0.6) is 0 Å². The minimum atomic E-state index is 0.0212. The molecule has 524 valence electrons. The van der Waals surface area contributed by atoms with Gasteiger partial charge in [0.05, 0.1) is 5.69 Å². The van der Waals surface area contributed by atoms with Gasteiger partial charge in [0.25, 0.3) is 0 Å². The second-order valence-electron chi connectivity index (χ2n) is 31.5. The summed E-state index contributed by atoms with van der Waals surface area (Å²) in [6.45, 7) is 22.7. The SMILES string of the molecule is C(=C(c1ccccc1)c1ccccc1)c1ccc(-c2ccc(C=C(c3ccccc3)c3ccccc3)cc2)cc1.CC(C)(C)c1ccc2c(Cc3cccc4ccccc34)c3cc(C(C)(C)C)ccc3c(Cc3cccc4ccccc34)c2c1.Cc1ccc(B(n2ccc(C(C)(C)C)n2)[n+]2ccccc2)cc1. The topological polar surface area (TPSA) is 21.7 Å². The summed E-state index contributed by atoms with van der Waals surface area (Å²) in [5.41, 5.74) is 24.2. The Hall–Kier alpha value is -12.0. The molecular weight excluding hydrogens is 1290 g/mol. The molecule has 0 spiro atoms. The molecule has 0 atom stereocenters. The van der Waals surface area contributed by atoms with Crippen LogP contribution in [0.25, 0.3) is 77.5 Å². The molecule has 0 aliphatic heterocycles. The van der Waals surface area contributed by atoms with Gasteiger partial charge in [-0.1, -0.05) is 389 Å². The predicted molar refractivity (Wildman–Crippen MR) is 459 cm³/mol.